The Labute approximate surface area is 86.4 Å². The predicted octanol–water partition coefficient (Wildman–Crippen LogP) is -0.514. The number of aliphatic hydroxyl groups excluding tert-OH is 1. The van der Waals surface area contributed by atoms with Crippen LogP contribution in [0, 0.1) is 5.92 Å². The minimum atomic E-state index is -0.630. The zero-order chi connectivity index (χ0) is 10.8. The lowest BCUT2D eigenvalue weighted by Gasteiger charge is -2.09. The molecule has 2 atom stereocenters. The number of allylic oxidation sites excluding steroid dienone is 1. The second-order valence-electron chi connectivity index (χ2n) is 3.54. The summed E-state index contributed by atoms with van der Waals surface area (Å²) in [6.45, 7) is 0.129. The predicted molar refractivity (Wildman–Crippen MR) is 51.9 cm³/mol. The van der Waals surface area contributed by atoms with Crippen LogP contribution in [0.5, 0.6) is 0 Å². The van der Waals surface area contributed by atoms with Crippen LogP contribution >= 0.6 is 0 Å². The molecule has 2 unspecified atom stereocenters. The van der Waals surface area contributed by atoms with Gasteiger partial charge in [-0.1, -0.05) is 12.2 Å². The van der Waals surface area contributed by atoms with Gasteiger partial charge in [-0.3, -0.25) is 4.79 Å². The number of aromatic nitrogens is 3. The van der Waals surface area contributed by atoms with Gasteiger partial charge in [-0.05, 0) is 6.42 Å². The van der Waals surface area contributed by atoms with Gasteiger partial charge < -0.3 is 10.8 Å². The number of rotatable bonds is 3. The SMILES string of the molecule is NC(=O)c1ncn(C2C=CC(CO)C2)n1. The van der Waals surface area contributed by atoms with Crippen molar-refractivity contribution in [2.24, 2.45) is 11.7 Å². The topological polar surface area (TPSA) is 94.0 Å². The van der Waals surface area contributed by atoms with E-state index in [-0.39, 0.29) is 24.4 Å². The number of hydrogen-bond acceptors (Lipinski definition) is 4. The van der Waals surface area contributed by atoms with E-state index < -0.39 is 5.91 Å². The molecule has 0 fully saturated rings. The highest BCUT2D eigenvalue weighted by atomic mass is 16.3. The maximum atomic E-state index is 10.8. The van der Waals surface area contributed by atoms with Crippen molar-refractivity contribution in [1.82, 2.24) is 14.8 Å². The van der Waals surface area contributed by atoms with E-state index in [0.717, 1.165) is 6.42 Å². The first-order valence-electron chi connectivity index (χ1n) is 4.71. The van der Waals surface area contributed by atoms with E-state index in [9.17, 15) is 4.79 Å². The van der Waals surface area contributed by atoms with Crippen LogP contribution in [0.1, 0.15) is 23.1 Å². The van der Waals surface area contributed by atoms with Crippen LogP contribution in [0.15, 0.2) is 18.5 Å². The molecule has 1 aromatic rings. The average Bonchev–Trinajstić information content (AvgIpc) is 2.86. The molecule has 3 N–H and O–H groups in total. The van der Waals surface area contributed by atoms with E-state index >= 15 is 0 Å². The van der Waals surface area contributed by atoms with Gasteiger partial charge in [-0.15, -0.1) is 5.10 Å². The van der Waals surface area contributed by atoms with Crippen LogP contribution in [0.25, 0.3) is 0 Å². The van der Waals surface area contributed by atoms with Gasteiger partial charge >= 0.3 is 0 Å². The smallest absolute Gasteiger partial charge is 0.288 e. The first-order valence-corrected chi connectivity index (χ1v) is 4.71. The standard InChI is InChI=1S/C9H12N4O2/c10-8(15)9-11-5-13(12-9)7-2-1-6(3-7)4-14/h1-2,5-7,14H,3-4H2,(H2,10,15). The Morgan fingerprint density at radius 2 is 2.47 bits per heavy atom. The zero-order valence-corrected chi connectivity index (χ0v) is 8.08. The van der Waals surface area contributed by atoms with Gasteiger partial charge in [0.15, 0.2) is 0 Å². The highest BCUT2D eigenvalue weighted by Crippen LogP contribution is 2.26. The molecule has 1 aliphatic carbocycles. The number of nitrogens with two attached hydrogens (primary N) is 1. The summed E-state index contributed by atoms with van der Waals surface area (Å²) in [5.74, 6) is -0.443. The molecule has 0 saturated carbocycles. The van der Waals surface area contributed by atoms with Gasteiger partial charge in [-0.25, -0.2) is 9.67 Å². The van der Waals surface area contributed by atoms with Crippen molar-refractivity contribution >= 4 is 5.91 Å². The Bertz CT molecular complexity index is 399. The van der Waals surface area contributed by atoms with Crippen LogP contribution < -0.4 is 5.73 Å². The third-order valence-electron chi connectivity index (χ3n) is 2.45. The zero-order valence-electron chi connectivity index (χ0n) is 8.08. The third-order valence-corrected chi connectivity index (χ3v) is 2.45. The summed E-state index contributed by atoms with van der Waals surface area (Å²) in [5, 5.41) is 12.9. The molecule has 15 heavy (non-hydrogen) atoms. The third kappa shape index (κ3) is 1.89. The Morgan fingerprint density at radius 3 is 3.00 bits per heavy atom. The number of primary amides is 1. The van der Waals surface area contributed by atoms with Gasteiger partial charge in [0.05, 0.1) is 6.04 Å². The molecule has 1 amide bonds. The van der Waals surface area contributed by atoms with Crippen molar-refractivity contribution in [1.29, 1.82) is 0 Å². The fraction of sp³-hybridized carbons (Fsp3) is 0.444. The molecular formula is C9H12N4O2. The Morgan fingerprint density at radius 1 is 1.67 bits per heavy atom. The van der Waals surface area contributed by atoms with Crippen molar-refractivity contribution in [3.05, 3.63) is 24.3 Å². The normalized spacial score (nSPS) is 24.6. The second kappa shape index (κ2) is 3.82. The fourth-order valence-electron chi connectivity index (χ4n) is 1.63. The maximum absolute atomic E-state index is 10.8. The monoisotopic (exact) mass is 208 g/mol. The lowest BCUT2D eigenvalue weighted by molar-refractivity contribution is 0.0990. The molecule has 0 radical (unpaired) electrons. The molecule has 6 heteroatoms. The number of carbonyl (C=O) groups excluding carboxylic acids is 1. The van der Waals surface area contributed by atoms with Gasteiger partial charge in [0.25, 0.3) is 5.91 Å². The summed E-state index contributed by atoms with van der Waals surface area (Å²) in [5.41, 5.74) is 5.04. The summed E-state index contributed by atoms with van der Waals surface area (Å²) >= 11 is 0. The molecule has 0 spiro atoms. The van der Waals surface area contributed by atoms with Crippen molar-refractivity contribution in [2.75, 3.05) is 6.61 Å². The average molecular weight is 208 g/mol. The lowest BCUT2D eigenvalue weighted by Crippen LogP contribution is -2.15. The number of carbonyl (C=O) groups is 1. The summed E-state index contributed by atoms with van der Waals surface area (Å²) in [6, 6.07) is 0.0581. The number of nitrogens with zero attached hydrogens (tertiary/aromatic N) is 3. The van der Waals surface area contributed by atoms with E-state index in [1.807, 2.05) is 12.2 Å². The number of amides is 1. The van der Waals surface area contributed by atoms with Gasteiger partial charge in [0.1, 0.15) is 6.33 Å². The largest absolute Gasteiger partial charge is 0.396 e. The molecule has 80 valence electrons. The van der Waals surface area contributed by atoms with Gasteiger partial charge in [0.2, 0.25) is 5.82 Å². The molecule has 0 saturated heterocycles. The van der Waals surface area contributed by atoms with E-state index in [2.05, 4.69) is 10.1 Å². The first kappa shape index (κ1) is 9.85. The molecule has 1 aliphatic rings. The van der Waals surface area contributed by atoms with Crippen LogP contribution in [0.4, 0.5) is 0 Å². The van der Waals surface area contributed by atoms with E-state index in [0.29, 0.717) is 0 Å². The van der Waals surface area contributed by atoms with Crippen molar-refractivity contribution in [2.45, 2.75) is 12.5 Å². The van der Waals surface area contributed by atoms with Crippen LogP contribution in [-0.4, -0.2) is 32.4 Å². The Balaban J connectivity index is 2.11. The van der Waals surface area contributed by atoms with Crippen molar-refractivity contribution in [3.8, 4) is 0 Å². The molecule has 1 aromatic heterocycles. The molecule has 0 aliphatic heterocycles. The summed E-state index contributed by atoms with van der Waals surface area (Å²) in [6.07, 6.45) is 6.14. The van der Waals surface area contributed by atoms with Crippen molar-refractivity contribution in [3.63, 3.8) is 0 Å². The van der Waals surface area contributed by atoms with Gasteiger partial charge in [0, 0.05) is 12.5 Å². The lowest BCUT2D eigenvalue weighted by atomic mass is 10.1. The van der Waals surface area contributed by atoms with Crippen LogP contribution in [0.3, 0.4) is 0 Å². The maximum Gasteiger partial charge on any atom is 0.288 e. The molecule has 1 heterocycles. The van der Waals surface area contributed by atoms with Crippen LogP contribution in [0.2, 0.25) is 0 Å². The molecule has 0 bridgehead atoms. The fourth-order valence-corrected chi connectivity index (χ4v) is 1.63. The highest BCUT2D eigenvalue weighted by Gasteiger charge is 2.21. The summed E-state index contributed by atoms with van der Waals surface area (Å²) in [7, 11) is 0. The Kier molecular flexibility index (Phi) is 2.51. The van der Waals surface area contributed by atoms with Crippen molar-refractivity contribution < 1.29 is 9.90 Å². The number of hydrogen-bond donors (Lipinski definition) is 2. The van der Waals surface area contributed by atoms with Gasteiger partial charge in [-0.2, -0.15) is 0 Å². The number of aliphatic hydroxyl groups is 1. The molecule has 0 aromatic carbocycles. The minimum Gasteiger partial charge on any atom is -0.396 e. The minimum absolute atomic E-state index is 0.0239. The quantitative estimate of drug-likeness (QED) is 0.654. The Hall–Kier alpha value is -1.69. The molecule has 2 rings (SSSR count). The van der Waals surface area contributed by atoms with E-state index in [1.165, 1.54) is 6.33 Å². The highest BCUT2D eigenvalue weighted by molar-refractivity contribution is 5.88. The second-order valence-corrected chi connectivity index (χ2v) is 3.54. The molecular weight excluding hydrogens is 196 g/mol. The van der Waals surface area contributed by atoms with E-state index in [4.69, 9.17) is 10.8 Å². The van der Waals surface area contributed by atoms with E-state index in [1.54, 1.807) is 4.68 Å². The summed E-state index contributed by atoms with van der Waals surface area (Å²) in [4.78, 5) is 14.6. The first-order chi connectivity index (χ1) is 7.20. The van der Waals surface area contributed by atoms with Crippen LogP contribution in [-0.2, 0) is 0 Å². The summed E-state index contributed by atoms with van der Waals surface area (Å²) < 4.78 is 1.59. The molecule has 6 nitrogen and oxygen atoms in total.